The van der Waals surface area contributed by atoms with Crippen LogP contribution in [0.3, 0.4) is 0 Å². The van der Waals surface area contributed by atoms with E-state index in [2.05, 4.69) is 5.32 Å². The fraction of sp³-hybridized carbons (Fsp3) is 0.647. The number of hydrogen-bond acceptors (Lipinski definition) is 2. The van der Waals surface area contributed by atoms with Crippen molar-refractivity contribution in [3.05, 3.63) is 34.9 Å². The second-order valence-corrected chi connectivity index (χ2v) is 5.96. The average Bonchev–Trinajstić information content (AvgIpc) is 2.96. The number of benzene rings is 1. The molecule has 118 valence electrons. The Bertz CT molecular complexity index is 484. The number of ether oxygens (including phenoxy) is 1. The highest BCUT2D eigenvalue weighted by Gasteiger charge is 2.44. The lowest BCUT2D eigenvalue weighted by Gasteiger charge is -2.38. The van der Waals surface area contributed by atoms with Crippen molar-refractivity contribution in [2.24, 2.45) is 0 Å². The molecule has 1 aromatic rings. The first-order chi connectivity index (χ1) is 10.1. The van der Waals surface area contributed by atoms with Gasteiger partial charge in [0.25, 0.3) is 0 Å². The monoisotopic (exact) mass is 297 g/mol. The lowest BCUT2D eigenvalue weighted by molar-refractivity contribution is -0.0385. The first kappa shape index (κ1) is 16.4. The zero-order valence-electron chi connectivity index (χ0n) is 13.1. The van der Waals surface area contributed by atoms with Crippen molar-refractivity contribution >= 4 is 0 Å². The smallest absolute Gasteiger partial charge is 0.133 e. The quantitative estimate of drug-likeness (QED) is 0.846. The summed E-state index contributed by atoms with van der Waals surface area (Å²) in [7, 11) is 1.65. The van der Waals surface area contributed by atoms with E-state index < -0.39 is 23.3 Å². The standard InChI is InChI=1S/C17H25F2NO/c1-4-11-20-16(17(21-3)9-5-6-10-17)14-13(18)8-7-12(2)15(14)19/h7-8,16,20H,4-6,9-11H2,1-3H3. The van der Waals surface area contributed by atoms with Gasteiger partial charge in [-0.2, -0.15) is 0 Å². The predicted octanol–water partition coefficient (Wildman–Crippen LogP) is 4.27. The lowest BCUT2D eigenvalue weighted by Crippen LogP contribution is -2.44. The van der Waals surface area contributed by atoms with Crippen LogP contribution in [0.2, 0.25) is 0 Å². The van der Waals surface area contributed by atoms with Crippen LogP contribution in [-0.4, -0.2) is 19.3 Å². The summed E-state index contributed by atoms with van der Waals surface area (Å²) in [6, 6.07) is 2.40. The van der Waals surface area contributed by atoms with E-state index in [0.717, 1.165) is 32.1 Å². The Morgan fingerprint density at radius 3 is 2.52 bits per heavy atom. The second kappa shape index (κ2) is 6.84. The van der Waals surface area contributed by atoms with Gasteiger partial charge in [-0.1, -0.05) is 25.8 Å². The van der Waals surface area contributed by atoms with Crippen LogP contribution in [0, 0.1) is 18.6 Å². The molecule has 21 heavy (non-hydrogen) atoms. The van der Waals surface area contributed by atoms with Gasteiger partial charge in [0.15, 0.2) is 0 Å². The van der Waals surface area contributed by atoms with Crippen molar-refractivity contribution < 1.29 is 13.5 Å². The summed E-state index contributed by atoms with van der Waals surface area (Å²) in [6.45, 7) is 4.42. The van der Waals surface area contributed by atoms with Crippen molar-refractivity contribution in [2.45, 2.75) is 57.6 Å². The molecule has 0 heterocycles. The Morgan fingerprint density at radius 1 is 1.29 bits per heavy atom. The second-order valence-electron chi connectivity index (χ2n) is 5.96. The summed E-state index contributed by atoms with van der Waals surface area (Å²) in [4.78, 5) is 0. The largest absolute Gasteiger partial charge is 0.376 e. The van der Waals surface area contributed by atoms with E-state index in [4.69, 9.17) is 4.74 Å². The molecule has 1 unspecified atom stereocenters. The molecule has 1 saturated carbocycles. The van der Waals surface area contributed by atoms with Gasteiger partial charge in [-0.05, 0) is 44.4 Å². The molecule has 0 aliphatic heterocycles. The molecule has 1 N–H and O–H groups in total. The minimum Gasteiger partial charge on any atom is -0.376 e. The van der Waals surface area contributed by atoms with Crippen LogP contribution >= 0.6 is 0 Å². The summed E-state index contributed by atoms with van der Waals surface area (Å²) < 4.78 is 34.7. The van der Waals surface area contributed by atoms with Gasteiger partial charge < -0.3 is 10.1 Å². The zero-order valence-corrected chi connectivity index (χ0v) is 13.1. The van der Waals surface area contributed by atoms with Crippen LogP contribution in [0.25, 0.3) is 0 Å². The Kier molecular flexibility index (Phi) is 5.33. The summed E-state index contributed by atoms with van der Waals surface area (Å²) in [6.07, 6.45) is 4.64. The Morgan fingerprint density at radius 2 is 1.95 bits per heavy atom. The van der Waals surface area contributed by atoms with E-state index in [-0.39, 0.29) is 5.56 Å². The number of methoxy groups -OCH3 is 1. The number of halogens is 2. The molecule has 1 aromatic carbocycles. The maximum absolute atomic E-state index is 14.6. The van der Waals surface area contributed by atoms with Gasteiger partial charge in [0.05, 0.1) is 11.6 Å². The molecule has 2 rings (SSSR count). The molecule has 0 aromatic heterocycles. The van der Waals surface area contributed by atoms with E-state index >= 15 is 0 Å². The zero-order chi connectivity index (χ0) is 15.5. The first-order valence-electron chi connectivity index (χ1n) is 7.78. The molecule has 0 saturated heterocycles. The Labute approximate surface area is 125 Å². The third-order valence-electron chi connectivity index (χ3n) is 4.59. The van der Waals surface area contributed by atoms with Gasteiger partial charge in [0.1, 0.15) is 11.6 Å². The predicted molar refractivity (Wildman–Crippen MR) is 80.3 cm³/mol. The summed E-state index contributed by atoms with van der Waals surface area (Å²) in [5, 5.41) is 3.32. The first-order valence-corrected chi connectivity index (χ1v) is 7.78. The molecule has 1 atom stereocenters. The third-order valence-corrected chi connectivity index (χ3v) is 4.59. The molecule has 1 aliphatic rings. The molecule has 0 amide bonds. The number of rotatable bonds is 6. The van der Waals surface area contributed by atoms with Crippen LogP contribution in [0.15, 0.2) is 12.1 Å². The molecule has 0 bridgehead atoms. The SMILES string of the molecule is CCCNC(c1c(F)ccc(C)c1F)C1(OC)CCCC1. The van der Waals surface area contributed by atoms with E-state index in [1.807, 2.05) is 6.92 Å². The van der Waals surface area contributed by atoms with Crippen molar-refractivity contribution in [1.82, 2.24) is 5.32 Å². The summed E-state index contributed by atoms with van der Waals surface area (Å²) in [5.74, 6) is -0.943. The fourth-order valence-corrected chi connectivity index (χ4v) is 3.37. The van der Waals surface area contributed by atoms with Gasteiger partial charge in [-0.15, -0.1) is 0 Å². The molecular formula is C17H25F2NO. The topological polar surface area (TPSA) is 21.3 Å². The van der Waals surface area contributed by atoms with Crippen molar-refractivity contribution in [1.29, 1.82) is 0 Å². The van der Waals surface area contributed by atoms with Crippen molar-refractivity contribution in [3.63, 3.8) is 0 Å². The van der Waals surface area contributed by atoms with Gasteiger partial charge in [-0.25, -0.2) is 8.78 Å². The van der Waals surface area contributed by atoms with Crippen LogP contribution in [0.5, 0.6) is 0 Å². The molecule has 2 nitrogen and oxygen atoms in total. The highest BCUT2D eigenvalue weighted by Crippen LogP contribution is 2.44. The van der Waals surface area contributed by atoms with E-state index in [1.165, 1.54) is 12.1 Å². The van der Waals surface area contributed by atoms with Gasteiger partial charge in [0.2, 0.25) is 0 Å². The third kappa shape index (κ3) is 3.11. The summed E-state index contributed by atoms with van der Waals surface area (Å²) >= 11 is 0. The molecule has 4 heteroatoms. The maximum Gasteiger partial charge on any atom is 0.133 e. The molecule has 0 radical (unpaired) electrons. The molecular weight excluding hydrogens is 272 g/mol. The molecule has 0 spiro atoms. The van der Waals surface area contributed by atoms with Crippen LogP contribution < -0.4 is 5.32 Å². The van der Waals surface area contributed by atoms with Crippen LogP contribution in [0.1, 0.15) is 56.2 Å². The van der Waals surface area contributed by atoms with Gasteiger partial charge in [-0.3, -0.25) is 0 Å². The number of hydrogen-bond donors (Lipinski definition) is 1. The number of aryl methyl sites for hydroxylation is 1. The van der Waals surface area contributed by atoms with E-state index in [1.54, 1.807) is 14.0 Å². The lowest BCUT2D eigenvalue weighted by atomic mass is 9.85. The Hall–Kier alpha value is -1.00. The van der Waals surface area contributed by atoms with Gasteiger partial charge in [0, 0.05) is 12.7 Å². The fourth-order valence-electron chi connectivity index (χ4n) is 3.37. The number of nitrogens with one attached hydrogen (secondary N) is 1. The van der Waals surface area contributed by atoms with Crippen molar-refractivity contribution in [3.8, 4) is 0 Å². The highest BCUT2D eigenvalue weighted by molar-refractivity contribution is 5.31. The maximum atomic E-state index is 14.6. The average molecular weight is 297 g/mol. The normalized spacial score (nSPS) is 18.9. The van der Waals surface area contributed by atoms with Crippen molar-refractivity contribution in [2.75, 3.05) is 13.7 Å². The summed E-state index contributed by atoms with van der Waals surface area (Å²) in [5.41, 5.74) is 0.0936. The molecule has 1 fully saturated rings. The minimum absolute atomic E-state index is 0.132. The van der Waals surface area contributed by atoms with Crippen LogP contribution in [-0.2, 0) is 4.74 Å². The van der Waals surface area contributed by atoms with E-state index in [0.29, 0.717) is 12.1 Å². The minimum atomic E-state index is -0.509. The van der Waals surface area contributed by atoms with E-state index in [9.17, 15) is 8.78 Å². The highest BCUT2D eigenvalue weighted by atomic mass is 19.1. The molecule has 1 aliphatic carbocycles. The van der Waals surface area contributed by atoms with Crippen LogP contribution in [0.4, 0.5) is 8.78 Å². The Balaban J connectivity index is 2.47. The van der Waals surface area contributed by atoms with Gasteiger partial charge >= 0.3 is 0 Å².